The monoisotopic (exact) mass is 585 g/mol. The topological polar surface area (TPSA) is 0 Å². The number of rotatable bonds is 13. The van der Waals surface area contributed by atoms with Gasteiger partial charge in [0, 0.05) is 0 Å². The van der Waals surface area contributed by atoms with Crippen LogP contribution in [0.2, 0.25) is 0 Å². The van der Waals surface area contributed by atoms with E-state index in [0.29, 0.717) is 5.92 Å². The minimum absolute atomic E-state index is 0.698. The summed E-state index contributed by atoms with van der Waals surface area (Å²) in [6, 6.07) is 19.2. The first-order valence-electron chi connectivity index (χ1n) is 17.1. The van der Waals surface area contributed by atoms with Crippen LogP contribution in [0.3, 0.4) is 0 Å². The number of hydrogen-bond acceptors (Lipinski definition) is 0. The molecular weight excluding hydrogens is 516 g/mol. The second kappa shape index (κ2) is 33.4. The third-order valence-electron chi connectivity index (χ3n) is 6.36. The molecule has 0 aliphatic rings. The van der Waals surface area contributed by atoms with E-state index < -0.39 is 0 Å². The quantitative estimate of drug-likeness (QED) is 0.205. The van der Waals surface area contributed by atoms with Gasteiger partial charge < -0.3 is 0 Å². The molecule has 2 aromatic carbocycles. The van der Waals surface area contributed by atoms with Crippen molar-refractivity contribution < 1.29 is 0 Å². The van der Waals surface area contributed by atoms with Crippen molar-refractivity contribution in [2.24, 2.45) is 5.92 Å². The molecule has 1 unspecified atom stereocenters. The Balaban J connectivity index is -0.000000708. The normalized spacial score (nSPS) is 11.8. The van der Waals surface area contributed by atoms with Gasteiger partial charge in [-0.1, -0.05) is 186 Å². The highest BCUT2D eigenvalue weighted by molar-refractivity contribution is 5.76. The van der Waals surface area contributed by atoms with Crippen molar-refractivity contribution >= 4 is 5.57 Å². The molecule has 0 nitrogen and oxygen atoms in total. The lowest BCUT2D eigenvalue weighted by atomic mass is 9.90. The smallest absolute Gasteiger partial charge is 0.00943 e. The van der Waals surface area contributed by atoms with E-state index in [-0.39, 0.29) is 0 Å². The number of benzene rings is 2. The zero-order valence-electron chi connectivity index (χ0n) is 30.3. The average molecular weight is 585 g/mol. The lowest BCUT2D eigenvalue weighted by molar-refractivity contribution is 0.560. The second-order valence-corrected chi connectivity index (χ2v) is 9.52. The molecule has 0 spiro atoms. The van der Waals surface area contributed by atoms with Crippen molar-refractivity contribution in [2.45, 2.75) is 122 Å². The van der Waals surface area contributed by atoms with E-state index in [2.05, 4.69) is 145 Å². The fourth-order valence-corrected chi connectivity index (χ4v) is 4.06. The van der Waals surface area contributed by atoms with Gasteiger partial charge in [-0.05, 0) is 84.9 Å². The minimum Gasteiger partial charge on any atom is -0.0911 e. The lowest BCUT2D eigenvalue weighted by Gasteiger charge is -2.15. The molecule has 0 heteroatoms. The van der Waals surface area contributed by atoms with Gasteiger partial charge in [0.15, 0.2) is 0 Å². The molecule has 0 saturated heterocycles. The summed E-state index contributed by atoms with van der Waals surface area (Å²) in [5.41, 5.74) is 7.85. The Kier molecular flexibility index (Phi) is 34.4. The first-order valence-corrected chi connectivity index (χ1v) is 17.1. The van der Waals surface area contributed by atoms with Crippen LogP contribution < -0.4 is 0 Å². The largest absolute Gasteiger partial charge is 0.0911 e. The minimum atomic E-state index is 0.698. The summed E-state index contributed by atoms with van der Waals surface area (Å²) in [7, 11) is 0. The van der Waals surface area contributed by atoms with Crippen LogP contribution >= 0.6 is 0 Å². The molecule has 0 radical (unpaired) electrons. The van der Waals surface area contributed by atoms with Crippen LogP contribution in [-0.4, -0.2) is 0 Å². The maximum absolute atomic E-state index is 4.38. The Morgan fingerprint density at radius 2 is 1.37 bits per heavy atom. The predicted molar refractivity (Wildman–Crippen MR) is 203 cm³/mol. The molecule has 2 rings (SSSR count). The first kappa shape index (κ1) is 44.3. The van der Waals surface area contributed by atoms with Crippen LogP contribution in [0.5, 0.6) is 0 Å². The summed E-state index contributed by atoms with van der Waals surface area (Å²) in [4.78, 5) is 0. The molecule has 0 saturated carbocycles. The van der Waals surface area contributed by atoms with Crippen molar-refractivity contribution in [1.29, 1.82) is 0 Å². The summed E-state index contributed by atoms with van der Waals surface area (Å²) in [6.07, 6.45) is 24.1. The molecule has 0 N–H and O–H groups in total. The average Bonchev–Trinajstić information content (AvgIpc) is 3.07. The molecular formula is C43H68. The fourth-order valence-electron chi connectivity index (χ4n) is 4.06. The zero-order valence-corrected chi connectivity index (χ0v) is 30.3. The van der Waals surface area contributed by atoms with E-state index in [1.54, 1.807) is 0 Å². The maximum atomic E-state index is 4.38. The SMILES string of the molecule is C=C(/C=C(\C=C/C)C(=C/C)/CCC)c1ccccc1CC(C)CC.CC.CC.CC.CC/C=C/C=C\Cc1ccccc1. The van der Waals surface area contributed by atoms with Crippen LogP contribution in [0.25, 0.3) is 5.57 Å². The van der Waals surface area contributed by atoms with Gasteiger partial charge in [0.25, 0.3) is 0 Å². The van der Waals surface area contributed by atoms with E-state index in [1.807, 2.05) is 47.6 Å². The summed E-state index contributed by atoms with van der Waals surface area (Å²) in [6.45, 7) is 29.5. The highest BCUT2D eigenvalue weighted by atomic mass is 14.1. The Labute approximate surface area is 270 Å². The van der Waals surface area contributed by atoms with E-state index in [9.17, 15) is 0 Å². The first-order chi connectivity index (χ1) is 21.0. The summed E-state index contributed by atoms with van der Waals surface area (Å²) in [5, 5.41) is 0. The van der Waals surface area contributed by atoms with Crippen molar-refractivity contribution in [3.05, 3.63) is 138 Å². The van der Waals surface area contributed by atoms with Gasteiger partial charge in [-0.3, -0.25) is 0 Å². The predicted octanol–water partition coefficient (Wildman–Crippen LogP) is 14.4. The molecule has 0 heterocycles. The van der Waals surface area contributed by atoms with Gasteiger partial charge in [-0.2, -0.15) is 0 Å². The van der Waals surface area contributed by atoms with Gasteiger partial charge in [-0.25, -0.2) is 0 Å². The number of hydrogen-bond donors (Lipinski definition) is 0. The highest BCUT2D eigenvalue weighted by Gasteiger charge is 2.09. The van der Waals surface area contributed by atoms with E-state index in [0.717, 1.165) is 37.7 Å². The second-order valence-electron chi connectivity index (χ2n) is 9.52. The maximum Gasteiger partial charge on any atom is -0.00943 e. The Morgan fingerprint density at radius 1 is 0.791 bits per heavy atom. The number of allylic oxidation sites excluding steroid dienone is 11. The van der Waals surface area contributed by atoms with Crippen LogP contribution in [-0.2, 0) is 12.8 Å². The van der Waals surface area contributed by atoms with Gasteiger partial charge >= 0.3 is 0 Å². The third kappa shape index (κ3) is 22.1. The van der Waals surface area contributed by atoms with E-state index >= 15 is 0 Å². The highest BCUT2D eigenvalue weighted by Crippen LogP contribution is 2.26. The zero-order chi connectivity index (χ0) is 33.3. The lowest BCUT2D eigenvalue weighted by Crippen LogP contribution is -2.01. The molecule has 0 fully saturated rings. The Morgan fingerprint density at radius 3 is 1.91 bits per heavy atom. The summed E-state index contributed by atoms with van der Waals surface area (Å²) in [5.74, 6) is 0.698. The van der Waals surface area contributed by atoms with E-state index in [4.69, 9.17) is 0 Å². The summed E-state index contributed by atoms with van der Waals surface area (Å²) < 4.78 is 0. The standard InChI is InChI=1S/C24H34.C13H16.3C2H6/c1-7-13-21(10-4)22(14-8-2)18-20(6)24-16-12-11-15-23(24)17-19(5)9-3;1-2-3-4-5-7-10-13-11-8-6-9-12-13;3*1-2/h8,10-12,14-16,18-19H,6-7,9,13,17H2,1-5H3;3-9,11-12H,2,10H2,1H3;3*1-2H3/b14-8-,21-10+,22-18+;4-3+,7-5-;;;. The molecule has 240 valence electrons. The Hall–Kier alpha value is -3.12. The molecule has 2 aromatic rings. The van der Waals surface area contributed by atoms with Crippen molar-refractivity contribution in [3.63, 3.8) is 0 Å². The van der Waals surface area contributed by atoms with Crippen molar-refractivity contribution in [1.82, 2.24) is 0 Å². The van der Waals surface area contributed by atoms with Gasteiger partial charge in [0.1, 0.15) is 0 Å². The van der Waals surface area contributed by atoms with E-state index in [1.165, 1.54) is 34.3 Å². The third-order valence-corrected chi connectivity index (χ3v) is 6.36. The van der Waals surface area contributed by atoms with Crippen LogP contribution in [0.1, 0.15) is 125 Å². The molecule has 0 aromatic heterocycles. The van der Waals surface area contributed by atoms with Gasteiger partial charge in [0.05, 0.1) is 0 Å². The summed E-state index contributed by atoms with van der Waals surface area (Å²) >= 11 is 0. The van der Waals surface area contributed by atoms with Crippen LogP contribution in [0.15, 0.2) is 121 Å². The molecule has 0 bridgehead atoms. The van der Waals surface area contributed by atoms with Crippen LogP contribution in [0.4, 0.5) is 0 Å². The van der Waals surface area contributed by atoms with Crippen LogP contribution in [0, 0.1) is 5.92 Å². The van der Waals surface area contributed by atoms with Gasteiger partial charge in [-0.15, -0.1) is 0 Å². The molecule has 43 heavy (non-hydrogen) atoms. The van der Waals surface area contributed by atoms with Gasteiger partial charge in [0.2, 0.25) is 0 Å². The fraction of sp³-hybridized carbons (Fsp3) is 0.442. The molecule has 0 aliphatic carbocycles. The molecule has 0 amide bonds. The van der Waals surface area contributed by atoms with Crippen molar-refractivity contribution in [2.75, 3.05) is 0 Å². The molecule has 1 atom stereocenters. The molecule has 0 aliphatic heterocycles. The van der Waals surface area contributed by atoms with Crippen molar-refractivity contribution in [3.8, 4) is 0 Å². The Bertz CT molecular complexity index is 1040.